The van der Waals surface area contributed by atoms with Crippen LogP contribution in [0.4, 0.5) is 0 Å². The zero-order valence-electron chi connectivity index (χ0n) is 12.7. The molecule has 20 heavy (non-hydrogen) atoms. The first-order valence-corrected chi connectivity index (χ1v) is 7.84. The normalized spacial score (nSPS) is 16.4. The average molecular weight is 274 g/mol. The van der Waals surface area contributed by atoms with E-state index >= 15 is 0 Å². The van der Waals surface area contributed by atoms with Gasteiger partial charge < -0.3 is 10.2 Å². The highest BCUT2D eigenvalue weighted by molar-refractivity contribution is 5.95. The van der Waals surface area contributed by atoms with Crippen molar-refractivity contribution in [2.24, 2.45) is 5.92 Å². The van der Waals surface area contributed by atoms with E-state index in [9.17, 15) is 4.79 Å². The van der Waals surface area contributed by atoms with Gasteiger partial charge in [-0.15, -0.1) is 0 Å². The summed E-state index contributed by atoms with van der Waals surface area (Å²) in [5.41, 5.74) is 2.05. The van der Waals surface area contributed by atoms with Crippen LogP contribution in [0.15, 0.2) is 24.3 Å². The molecule has 1 saturated heterocycles. The third-order valence-corrected chi connectivity index (χ3v) is 4.21. The van der Waals surface area contributed by atoms with Crippen LogP contribution in [-0.4, -0.2) is 37.0 Å². The Morgan fingerprint density at radius 3 is 2.60 bits per heavy atom. The average Bonchev–Trinajstić information content (AvgIpc) is 2.52. The lowest BCUT2D eigenvalue weighted by atomic mass is 9.95. The van der Waals surface area contributed by atoms with Gasteiger partial charge in [0.2, 0.25) is 0 Å². The maximum Gasteiger partial charge on any atom is 0.254 e. The van der Waals surface area contributed by atoms with Gasteiger partial charge in [-0.2, -0.15) is 0 Å². The summed E-state index contributed by atoms with van der Waals surface area (Å²) in [6.07, 6.45) is 3.15. The molecule has 0 saturated carbocycles. The zero-order chi connectivity index (χ0) is 14.4. The summed E-state index contributed by atoms with van der Waals surface area (Å²) in [5.74, 6) is 0.935. The van der Waals surface area contributed by atoms with Gasteiger partial charge in [-0.05, 0) is 49.9 Å². The molecule has 0 unspecified atom stereocenters. The fourth-order valence-corrected chi connectivity index (χ4v) is 2.90. The smallest absolute Gasteiger partial charge is 0.254 e. The number of likely N-dealkylation sites (tertiary alicyclic amines) is 1. The van der Waals surface area contributed by atoms with Crippen LogP contribution in [0.1, 0.15) is 42.6 Å². The molecule has 0 bridgehead atoms. The SMILES string of the molecule is CCNCC1CCN(C(=O)c2ccccc2CC)CC1. The number of rotatable bonds is 5. The third kappa shape index (κ3) is 3.60. The molecule has 1 N–H and O–H groups in total. The first-order valence-electron chi connectivity index (χ1n) is 7.84. The van der Waals surface area contributed by atoms with Crippen LogP contribution in [0, 0.1) is 5.92 Å². The number of piperidine rings is 1. The molecule has 1 heterocycles. The van der Waals surface area contributed by atoms with Crippen LogP contribution in [0.25, 0.3) is 0 Å². The number of aryl methyl sites for hydroxylation is 1. The van der Waals surface area contributed by atoms with Crippen molar-refractivity contribution in [2.45, 2.75) is 33.1 Å². The molecule has 110 valence electrons. The molecule has 0 aliphatic carbocycles. The Morgan fingerprint density at radius 1 is 1.25 bits per heavy atom. The number of benzene rings is 1. The lowest BCUT2D eigenvalue weighted by molar-refractivity contribution is 0.0689. The summed E-state index contributed by atoms with van der Waals surface area (Å²) in [7, 11) is 0. The number of nitrogens with zero attached hydrogens (tertiary/aromatic N) is 1. The molecule has 3 nitrogen and oxygen atoms in total. The zero-order valence-corrected chi connectivity index (χ0v) is 12.7. The fourth-order valence-electron chi connectivity index (χ4n) is 2.90. The minimum atomic E-state index is 0.212. The van der Waals surface area contributed by atoms with Crippen molar-refractivity contribution in [1.29, 1.82) is 0 Å². The second-order valence-corrected chi connectivity index (χ2v) is 5.55. The maximum absolute atomic E-state index is 12.6. The van der Waals surface area contributed by atoms with E-state index in [-0.39, 0.29) is 5.91 Å². The molecule has 1 aromatic carbocycles. The minimum Gasteiger partial charge on any atom is -0.339 e. The Morgan fingerprint density at radius 2 is 1.95 bits per heavy atom. The van der Waals surface area contributed by atoms with Gasteiger partial charge in [-0.3, -0.25) is 4.79 Å². The second-order valence-electron chi connectivity index (χ2n) is 5.55. The second kappa shape index (κ2) is 7.44. The van der Waals surface area contributed by atoms with E-state index in [2.05, 4.69) is 25.2 Å². The van der Waals surface area contributed by atoms with Gasteiger partial charge in [-0.25, -0.2) is 0 Å². The lowest BCUT2D eigenvalue weighted by Gasteiger charge is -2.32. The number of nitrogens with one attached hydrogen (secondary N) is 1. The van der Waals surface area contributed by atoms with Gasteiger partial charge in [0.25, 0.3) is 5.91 Å². The Labute approximate surface area is 122 Å². The van der Waals surface area contributed by atoms with Crippen molar-refractivity contribution < 1.29 is 4.79 Å². The van der Waals surface area contributed by atoms with Gasteiger partial charge in [-0.1, -0.05) is 32.0 Å². The van der Waals surface area contributed by atoms with Crippen LogP contribution in [-0.2, 0) is 6.42 Å². The standard InChI is InChI=1S/C17H26N2O/c1-3-15-7-5-6-8-16(15)17(20)19-11-9-14(10-12-19)13-18-4-2/h5-8,14,18H,3-4,9-13H2,1-2H3. The summed E-state index contributed by atoms with van der Waals surface area (Å²) in [6, 6.07) is 8.00. The first-order chi connectivity index (χ1) is 9.76. The monoisotopic (exact) mass is 274 g/mol. The molecule has 1 aliphatic rings. The van der Waals surface area contributed by atoms with Gasteiger partial charge in [0, 0.05) is 18.7 Å². The fraction of sp³-hybridized carbons (Fsp3) is 0.588. The van der Waals surface area contributed by atoms with E-state index in [0.717, 1.165) is 62.5 Å². The van der Waals surface area contributed by atoms with E-state index in [0.29, 0.717) is 0 Å². The Hall–Kier alpha value is -1.35. The summed E-state index contributed by atoms with van der Waals surface area (Å²) in [6.45, 7) is 8.15. The van der Waals surface area contributed by atoms with Gasteiger partial charge in [0.05, 0.1) is 0 Å². The lowest BCUT2D eigenvalue weighted by Crippen LogP contribution is -2.41. The van der Waals surface area contributed by atoms with E-state index in [1.165, 1.54) is 0 Å². The van der Waals surface area contributed by atoms with Crippen LogP contribution in [0.5, 0.6) is 0 Å². The van der Waals surface area contributed by atoms with Crippen LogP contribution < -0.4 is 5.32 Å². The molecule has 0 atom stereocenters. The highest BCUT2D eigenvalue weighted by Crippen LogP contribution is 2.20. The Balaban J connectivity index is 1.94. The molecule has 3 heteroatoms. The van der Waals surface area contributed by atoms with E-state index in [1.54, 1.807) is 0 Å². The van der Waals surface area contributed by atoms with Crippen molar-refractivity contribution in [3.63, 3.8) is 0 Å². The number of carbonyl (C=O) groups excluding carboxylic acids is 1. The van der Waals surface area contributed by atoms with Crippen molar-refractivity contribution in [3.05, 3.63) is 35.4 Å². The third-order valence-electron chi connectivity index (χ3n) is 4.21. The largest absolute Gasteiger partial charge is 0.339 e. The molecular formula is C17H26N2O. The quantitative estimate of drug-likeness (QED) is 0.895. The van der Waals surface area contributed by atoms with Crippen LogP contribution >= 0.6 is 0 Å². The molecule has 1 fully saturated rings. The van der Waals surface area contributed by atoms with Gasteiger partial charge in [0.1, 0.15) is 0 Å². The molecule has 1 aliphatic heterocycles. The number of carbonyl (C=O) groups is 1. The van der Waals surface area contributed by atoms with Crippen LogP contribution in [0.3, 0.4) is 0 Å². The van der Waals surface area contributed by atoms with Gasteiger partial charge in [0.15, 0.2) is 0 Å². The molecule has 1 amide bonds. The molecule has 0 spiro atoms. The topological polar surface area (TPSA) is 32.3 Å². The molecule has 1 aromatic rings. The number of amides is 1. The number of hydrogen-bond acceptors (Lipinski definition) is 2. The molecule has 2 rings (SSSR count). The number of hydrogen-bond donors (Lipinski definition) is 1. The minimum absolute atomic E-state index is 0.212. The van der Waals surface area contributed by atoms with Crippen molar-refractivity contribution in [2.75, 3.05) is 26.2 Å². The van der Waals surface area contributed by atoms with Crippen molar-refractivity contribution in [1.82, 2.24) is 10.2 Å². The Kier molecular flexibility index (Phi) is 5.60. The van der Waals surface area contributed by atoms with Crippen LogP contribution in [0.2, 0.25) is 0 Å². The van der Waals surface area contributed by atoms with Crippen molar-refractivity contribution >= 4 is 5.91 Å². The predicted octanol–water partition coefficient (Wildman–Crippen LogP) is 2.71. The van der Waals surface area contributed by atoms with E-state index in [4.69, 9.17) is 0 Å². The van der Waals surface area contributed by atoms with E-state index < -0.39 is 0 Å². The van der Waals surface area contributed by atoms with Gasteiger partial charge >= 0.3 is 0 Å². The molecule has 0 aromatic heterocycles. The summed E-state index contributed by atoms with van der Waals surface area (Å²) >= 11 is 0. The predicted molar refractivity (Wildman–Crippen MR) is 83.0 cm³/mol. The summed E-state index contributed by atoms with van der Waals surface area (Å²) in [4.78, 5) is 14.6. The maximum atomic E-state index is 12.6. The summed E-state index contributed by atoms with van der Waals surface area (Å²) in [5, 5.41) is 3.41. The van der Waals surface area contributed by atoms with E-state index in [1.807, 2.05) is 23.1 Å². The first kappa shape index (κ1) is 15.0. The molecule has 0 radical (unpaired) electrons. The highest BCUT2D eigenvalue weighted by Gasteiger charge is 2.24. The molecular weight excluding hydrogens is 248 g/mol. The summed E-state index contributed by atoms with van der Waals surface area (Å²) < 4.78 is 0. The highest BCUT2D eigenvalue weighted by atomic mass is 16.2. The van der Waals surface area contributed by atoms with Crippen molar-refractivity contribution in [3.8, 4) is 0 Å². The Bertz CT molecular complexity index is 436.